The number of rotatable bonds is 2. The predicted octanol–water partition coefficient (Wildman–Crippen LogP) is 0.795. The molecule has 1 saturated heterocycles. The fourth-order valence-corrected chi connectivity index (χ4v) is 1.68. The average molecular weight is 202 g/mol. The Morgan fingerprint density at radius 1 is 1.47 bits per heavy atom. The van der Waals surface area contributed by atoms with Gasteiger partial charge in [-0.3, -0.25) is 4.79 Å². The van der Waals surface area contributed by atoms with E-state index >= 15 is 0 Å². The highest BCUT2D eigenvalue weighted by atomic mass is 16.6. The van der Waals surface area contributed by atoms with Gasteiger partial charge in [0.1, 0.15) is 0 Å². The number of aromatic nitrogens is 2. The summed E-state index contributed by atoms with van der Waals surface area (Å²) in [5, 5.41) is 0. The van der Waals surface area contributed by atoms with Gasteiger partial charge in [0.2, 0.25) is 0 Å². The molecular formula is C11H10N2O2. The molecule has 1 atom stereocenters. The number of ether oxygens (including phenoxy) is 1. The van der Waals surface area contributed by atoms with E-state index in [1.165, 1.54) is 6.20 Å². The van der Waals surface area contributed by atoms with Crippen molar-refractivity contribution in [1.82, 2.24) is 9.55 Å². The van der Waals surface area contributed by atoms with Crippen molar-refractivity contribution < 1.29 is 4.74 Å². The number of para-hydroxylation sites is 2. The van der Waals surface area contributed by atoms with Crippen LogP contribution in [0.4, 0.5) is 0 Å². The van der Waals surface area contributed by atoms with Gasteiger partial charge in [-0.05, 0) is 12.1 Å². The Balaban J connectivity index is 2.22. The van der Waals surface area contributed by atoms with Crippen molar-refractivity contribution in [2.75, 3.05) is 6.61 Å². The van der Waals surface area contributed by atoms with Crippen LogP contribution in [0.15, 0.2) is 35.3 Å². The van der Waals surface area contributed by atoms with E-state index in [2.05, 4.69) is 4.98 Å². The molecule has 0 N–H and O–H groups in total. The summed E-state index contributed by atoms with van der Waals surface area (Å²) in [4.78, 5) is 15.7. The van der Waals surface area contributed by atoms with Crippen molar-refractivity contribution in [3.8, 4) is 0 Å². The third kappa shape index (κ3) is 1.53. The summed E-state index contributed by atoms with van der Waals surface area (Å²) < 4.78 is 6.86. The maximum atomic E-state index is 11.6. The number of nitrogens with zero attached hydrogens (tertiary/aromatic N) is 2. The van der Waals surface area contributed by atoms with Crippen LogP contribution in [0.3, 0.4) is 0 Å². The third-order valence-corrected chi connectivity index (χ3v) is 2.54. The van der Waals surface area contributed by atoms with Crippen LogP contribution in [0.2, 0.25) is 0 Å². The van der Waals surface area contributed by atoms with E-state index < -0.39 is 0 Å². The standard InChI is InChI=1S/C11H10N2O2/c14-11-5-12-9-3-1-2-4-10(9)13(11)6-8-7-15-8/h1-5,8H,6-7H2. The number of hydrogen-bond donors (Lipinski definition) is 0. The lowest BCUT2D eigenvalue weighted by Gasteiger charge is -2.06. The van der Waals surface area contributed by atoms with Gasteiger partial charge >= 0.3 is 0 Å². The third-order valence-electron chi connectivity index (χ3n) is 2.54. The Hall–Kier alpha value is -1.68. The molecule has 0 aliphatic carbocycles. The molecule has 3 rings (SSSR count). The Labute approximate surface area is 86.1 Å². The summed E-state index contributed by atoms with van der Waals surface area (Å²) >= 11 is 0. The summed E-state index contributed by atoms with van der Waals surface area (Å²) in [5.74, 6) is 0. The zero-order chi connectivity index (χ0) is 10.3. The summed E-state index contributed by atoms with van der Waals surface area (Å²) in [7, 11) is 0. The maximum absolute atomic E-state index is 11.6. The van der Waals surface area contributed by atoms with Gasteiger partial charge < -0.3 is 9.30 Å². The van der Waals surface area contributed by atoms with E-state index in [-0.39, 0.29) is 11.7 Å². The monoisotopic (exact) mass is 202 g/mol. The van der Waals surface area contributed by atoms with E-state index in [0.29, 0.717) is 6.54 Å². The van der Waals surface area contributed by atoms with E-state index in [1.54, 1.807) is 4.57 Å². The number of hydrogen-bond acceptors (Lipinski definition) is 3. The molecule has 2 aromatic rings. The van der Waals surface area contributed by atoms with Crippen LogP contribution < -0.4 is 5.56 Å². The minimum absolute atomic E-state index is 0.0656. The molecule has 4 nitrogen and oxygen atoms in total. The van der Waals surface area contributed by atoms with Crippen molar-refractivity contribution in [3.63, 3.8) is 0 Å². The quantitative estimate of drug-likeness (QED) is 0.676. The first-order valence-corrected chi connectivity index (χ1v) is 4.91. The Morgan fingerprint density at radius 2 is 2.27 bits per heavy atom. The zero-order valence-electron chi connectivity index (χ0n) is 8.09. The molecular weight excluding hydrogens is 192 g/mol. The van der Waals surface area contributed by atoms with Crippen LogP contribution in [-0.4, -0.2) is 22.3 Å². The molecule has 0 bridgehead atoms. The van der Waals surface area contributed by atoms with E-state index in [0.717, 1.165) is 17.6 Å². The van der Waals surface area contributed by atoms with Gasteiger partial charge in [0.25, 0.3) is 5.56 Å². The number of benzene rings is 1. The van der Waals surface area contributed by atoms with Gasteiger partial charge in [-0.1, -0.05) is 12.1 Å². The van der Waals surface area contributed by atoms with Crippen LogP contribution in [0.1, 0.15) is 0 Å². The molecule has 0 radical (unpaired) electrons. The molecule has 1 aliphatic rings. The summed E-state index contributed by atoms with van der Waals surface area (Å²) in [5.41, 5.74) is 1.66. The average Bonchev–Trinajstić information content (AvgIpc) is 3.06. The van der Waals surface area contributed by atoms with Crippen molar-refractivity contribution in [2.45, 2.75) is 12.6 Å². The molecule has 15 heavy (non-hydrogen) atoms. The fourth-order valence-electron chi connectivity index (χ4n) is 1.68. The van der Waals surface area contributed by atoms with Crippen molar-refractivity contribution in [1.29, 1.82) is 0 Å². The van der Waals surface area contributed by atoms with Crippen LogP contribution in [0.25, 0.3) is 11.0 Å². The lowest BCUT2D eigenvalue weighted by Crippen LogP contribution is -2.22. The minimum atomic E-state index is -0.0656. The normalized spacial score (nSPS) is 19.3. The molecule has 1 aliphatic heterocycles. The van der Waals surface area contributed by atoms with Gasteiger partial charge in [0, 0.05) is 0 Å². The molecule has 1 unspecified atom stereocenters. The van der Waals surface area contributed by atoms with Gasteiger partial charge in [0.15, 0.2) is 0 Å². The first-order valence-electron chi connectivity index (χ1n) is 4.91. The maximum Gasteiger partial charge on any atom is 0.269 e. The Bertz CT molecular complexity index is 558. The first kappa shape index (κ1) is 8.61. The summed E-state index contributed by atoms with van der Waals surface area (Å²) in [6.07, 6.45) is 1.57. The lowest BCUT2D eigenvalue weighted by molar-refractivity contribution is 0.383. The van der Waals surface area contributed by atoms with Crippen molar-refractivity contribution >= 4 is 11.0 Å². The SMILES string of the molecule is O=c1cnc2ccccc2n1CC1CO1. The van der Waals surface area contributed by atoms with E-state index in [4.69, 9.17) is 4.74 Å². The Kier molecular flexibility index (Phi) is 1.82. The highest BCUT2D eigenvalue weighted by Gasteiger charge is 2.23. The van der Waals surface area contributed by atoms with Crippen LogP contribution >= 0.6 is 0 Å². The Morgan fingerprint density at radius 3 is 3.07 bits per heavy atom. The highest BCUT2D eigenvalue weighted by molar-refractivity contribution is 5.74. The number of epoxide rings is 1. The van der Waals surface area contributed by atoms with Gasteiger partial charge in [-0.2, -0.15) is 0 Å². The predicted molar refractivity (Wildman–Crippen MR) is 55.7 cm³/mol. The molecule has 1 fully saturated rings. The van der Waals surface area contributed by atoms with Gasteiger partial charge in [-0.15, -0.1) is 0 Å². The van der Waals surface area contributed by atoms with Crippen molar-refractivity contribution in [3.05, 3.63) is 40.8 Å². The summed E-state index contributed by atoms with van der Waals surface area (Å²) in [6, 6.07) is 7.64. The fraction of sp³-hybridized carbons (Fsp3) is 0.273. The van der Waals surface area contributed by atoms with Crippen LogP contribution in [-0.2, 0) is 11.3 Å². The highest BCUT2D eigenvalue weighted by Crippen LogP contribution is 2.14. The molecule has 1 aromatic heterocycles. The molecule has 0 saturated carbocycles. The van der Waals surface area contributed by atoms with Crippen LogP contribution in [0, 0.1) is 0 Å². The van der Waals surface area contributed by atoms with Crippen molar-refractivity contribution in [2.24, 2.45) is 0 Å². The largest absolute Gasteiger partial charge is 0.371 e. The number of fused-ring (bicyclic) bond motifs is 1. The smallest absolute Gasteiger partial charge is 0.269 e. The molecule has 76 valence electrons. The van der Waals surface area contributed by atoms with Crippen LogP contribution in [0.5, 0.6) is 0 Å². The molecule has 0 amide bonds. The minimum Gasteiger partial charge on any atom is -0.371 e. The van der Waals surface area contributed by atoms with E-state index in [1.807, 2.05) is 24.3 Å². The molecule has 2 heterocycles. The second-order valence-corrected chi connectivity index (χ2v) is 3.65. The second kappa shape index (κ2) is 3.17. The molecule has 4 heteroatoms. The molecule has 0 spiro atoms. The topological polar surface area (TPSA) is 47.4 Å². The molecule has 1 aromatic carbocycles. The first-order chi connectivity index (χ1) is 7.34. The summed E-state index contributed by atoms with van der Waals surface area (Å²) in [6.45, 7) is 1.38. The second-order valence-electron chi connectivity index (χ2n) is 3.65. The van der Waals surface area contributed by atoms with Gasteiger partial charge in [0.05, 0.1) is 36.5 Å². The van der Waals surface area contributed by atoms with Gasteiger partial charge in [-0.25, -0.2) is 4.98 Å². The van der Waals surface area contributed by atoms with E-state index in [9.17, 15) is 4.79 Å². The lowest BCUT2D eigenvalue weighted by atomic mass is 10.3. The zero-order valence-corrected chi connectivity index (χ0v) is 8.09.